The molecule has 42 heavy (non-hydrogen) atoms. The largest absolute Gasteiger partial charge is 0.493 e. The summed E-state index contributed by atoms with van der Waals surface area (Å²) in [6.45, 7) is 7.66. The molecule has 1 fully saturated rings. The lowest BCUT2D eigenvalue weighted by Crippen LogP contribution is -2.34. The van der Waals surface area contributed by atoms with Crippen molar-refractivity contribution in [1.82, 2.24) is 9.80 Å². The smallest absolute Gasteiger partial charge is 0.338 e. The standard InChI is InChI=1S/C32H42N2O8/c1-23(35)24-8-10-25(11-9-24)32(37)42-27-7-4-19-40-29-22-26(21-28(38-2)30(29)39-3)31(36)41-20-6-15-33-13-5-14-34(16-12-27)18-17-33/h8-11,21-22,27H,4-7,12-20H2,1-3H3. The molecule has 1 saturated heterocycles. The molecule has 0 amide bonds. The summed E-state index contributed by atoms with van der Waals surface area (Å²) < 4.78 is 28.6. The van der Waals surface area contributed by atoms with Crippen LogP contribution in [0.3, 0.4) is 0 Å². The highest BCUT2D eigenvalue weighted by molar-refractivity contribution is 5.96. The molecule has 3 unspecified atom stereocenters. The van der Waals surface area contributed by atoms with Crippen LogP contribution in [0.5, 0.6) is 17.2 Å². The van der Waals surface area contributed by atoms with Crippen LogP contribution in [0, 0.1) is 0 Å². The second-order valence-electron chi connectivity index (χ2n) is 10.7. The maximum Gasteiger partial charge on any atom is 0.338 e. The summed E-state index contributed by atoms with van der Waals surface area (Å²) in [6, 6.07) is 9.77. The Morgan fingerprint density at radius 1 is 0.786 bits per heavy atom. The fourth-order valence-corrected chi connectivity index (χ4v) is 5.30. The molecule has 3 atom stereocenters. The van der Waals surface area contributed by atoms with Gasteiger partial charge in [0.1, 0.15) is 6.10 Å². The maximum atomic E-state index is 13.0. The zero-order chi connectivity index (χ0) is 29.9. The summed E-state index contributed by atoms with van der Waals surface area (Å²) in [4.78, 5) is 42.4. The molecule has 10 heteroatoms. The molecule has 2 aliphatic heterocycles. The SMILES string of the molecule is COc1cc2cc(c1OC)OCCCC(OC(=O)c1ccc(C(C)=O)cc1)CCN1CCCN(CCCOC2=O)CC1. The molecule has 4 bridgehead atoms. The Morgan fingerprint density at radius 2 is 1.45 bits per heavy atom. The molecule has 2 aliphatic rings. The monoisotopic (exact) mass is 582 g/mol. The van der Waals surface area contributed by atoms with Gasteiger partial charge < -0.3 is 33.5 Å². The summed E-state index contributed by atoms with van der Waals surface area (Å²) >= 11 is 0. The van der Waals surface area contributed by atoms with Crippen LogP contribution in [0.15, 0.2) is 36.4 Å². The lowest BCUT2D eigenvalue weighted by molar-refractivity contribution is 0.0221. The molecule has 2 aromatic carbocycles. The van der Waals surface area contributed by atoms with E-state index in [-0.39, 0.29) is 11.9 Å². The fraction of sp³-hybridized carbons (Fsp3) is 0.531. The first kappa shape index (κ1) is 31.3. The van der Waals surface area contributed by atoms with Crippen molar-refractivity contribution in [2.24, 2.45) is 0 Å². The molecular weight excluding hydrogens is 540 g/mol. The minimum Gasteiger partial charge on any atom is -0.493 e. The van der Waals surface area contributed by atoms with Gasteiger partial charge in [-0.05, 0) is 76.4 Å². The Kier molecular flexibility index (Phi) is 11.6. The summed E-state index contributed by atoms with van der Waals surface area (Å²) in [5, 5.41) is 0. The Labute approximate surface area is 247 Å². The first-order valence-electron chi connectivity index (χ1n) is 14.7. The number of carbonyl (C=O) groups excluding carboxylic acids is 3. The van der Waals surface area contributed by atoms with Gasteiger partial charge >= 0.3 is 11.9 Å². The van der Waals surface area contributed by atoms with Crippen molar-refractivity contribution >= 4 is 17.7 Å². The Bertz CT molecular complexity index is 1220. The number of methoxy groups -OCH3 is 2. The van der Waals surface area contributed by atoms with Crippen LogP contribution in [0.2, 0.25) is 0 Å². The zero-order valence-corrected chi connectivity index (χ0v) is 24.9. The Balaban J connectivity index is 1.50. The predicted molar refractivity (Wildman–Crippen MR) is 157 cm³/mol. The highest BCUT2D eigenvalue weighted by atomic mass is 16.5. The van der Waals surface area contributed by atoms with E-state index in [0.29, 0.717) is 66.4 Å². The van der Waals surface area contributed by atoms with E-state index in [2.05, 4.69) is 9.80 Å². The predicted octanol–water partition coefficient (Wildman–Crippen LogP) is 4.25. The van der Waals surface area contributed by atoms with Gasteiger partial charge in [-0.1, -0.05) is 12.1 Å². The molecule has 228 valence electrons. The lowest BCUT2D eigenvalue weighted by Gasteiger charge is -2.24. The molecular formula is C32H42N2O8. The number of fused-ring (bicyclic) bond motifs is 5. The second-order valence-corrected chi connectivity index (χ2v) is 10.7. The van der Waals surface area contributed by atoms with Gasteiger partial charge in [-0.25, -0.2) is 9.59 Å². The van der Waals surface area contributed by atoms with E-state index in [9.17, 15) is 14.4 Å². The molecule has 0 N–H and O–H groups in total. The number of carbonyl (C=O) groups is 3. The number of hydrogen-bond donors (Lipinski definition) is 0. The number of ketones is 1. The molecule has 0 radical (unpaired) electrons. The second kappa shape index (κ2) is 15.6. The Morgan fingerprint density at radius 3 is 2.14 bits per heavy atom. The van der Waals surface area contributed by atoms with Crippen molar-refractivity contribution in [2.45, 2.75) is 45.1 Å². The third-order valence-corrected chi connectivity index (χ3v) is 7.71. The topological polar surface area (TPSA) is 104 Å². The molecule has 0 spiro atoms. The molecule has 4 rings (SSSR count). The van der Waals surface area contributed by atoms with Crippen molar-refractivity contribution in [3.63, 3.8) is 0 Å². The lowest BCUT2D eigenvalue weighted by atomic mass is 10.1. The van der Waals surface area contributed by atoms with Gasteiger partial charge in [0.05, 0.1) is 38.6 Å². The van der Waals surface area contributed by atoms with E-state index in [1.54, 1.807) is 36.4 Å². The molecule has 0 saturated carbocycles. The zero-order valence-electron chi connectivity index (χ0n) is 24.9. The number of esters is 2. The van der Waals surface area contributed by atoms with Crippen molar-refractivity contribution in [2.75, 3.05) is 66.7 Å². The van der Waals surface area contributed by atoms with E-state index in [1.165, 1.54) is 21.1 Å². The van der Waals surface area contributed by atoms with E-state index >= 15 is 0 Å². The van der Waals surface area contributed by atoms with E-state index < -0.39 is 11.9 Å². The van der Waals surface area contributed by atoms with Crippen LogP contribution in [0.4, 0.5) is 0 Å². The Hall–Kier alpha value is -3.63. The third-order valence-electron chi connectivity index (χ3n) is 7.71. The summed E-state index contributed by atoms with van der Waals surface area (Å²) in [5.74, 6) is 0.252. The van der Waals surface area contributed by atoms with Gasteiger partial charge in [0.25, 0.3) is 0 Å². The van der Waals surface area contributed by atoms with E-state index in [0.717, 1.165) is 52.1 Å². The summed E-state index contributed by atoms with van der Waals surface area (Å²) in [6.07, 6.45) is 3.38. The summed E-state index contributed by atoms with van der Waals surface area (Å²) in [5.41, 5.74) is 1.29. The average molecular weight is 583 g/mol. The number of cyclic esters (lactones) is 1. The van der Waals surface area contributed by atoms with Crippen molar-refractivity contribution in [3.05, 3.63) is 53.1 Å². The number of ether oxygens (including phenoxy) is 5. The fourth-order valence-electron chi connectivity index (χ4n) is 5.30. The highest BCUT2D eigenvalue weighted by Gasteiger charge is 2.22. The van der Waals surface area contributed by atoms with Gasteiger partial charge in [-0.2, -0.15) is 0 Å². The van der Waals surface area contributed by atoms with Gasteiger partial charge in [-0.15, -0.1) is 0 Å². The van der Waals surface area contributed by atoms with Crippen molar-refractivity contribution in [3.8, 4) is 17.2 Å². The van der Waals surface area contributed by atoms with Crippen LogP contribution in [-0.4, -0.2) is 100 Å². The highest BCUT2D eigenvalue weighted by Crippen LogP contribution is 2.39. The normalized spacial score (nSPS) is 22.3. The molecule has 10 nitrogen and oxygen atoms in total. The van der Waals surface area contributed by atoms with Crippen molar-refractivity contribution < 1.29 is 38.1 Å². The van der Waals surface area contributed by atoms with E-state index in [4.69, 9.17) is 23.7 Å². The minimum absolute atomic E-state index is 0.0536. The minimum atomic E-state index is -0.441. The molecule has 2 aromatic rings. The van der Waals surface area contributed by atoms with E-state index in [1.807, 2.05) is 0 Å². The number of hydrogen-bond acceptors (Lipinski definition) is 10. The van der Waals surface area contributed by atoms with Gasteiger partial charge in [-0.3, -0.25) is 4.79 Å². The quantitative estimate of drug-likeness (QED) is 0.375. The molecule has 2 heterocycles. The van der Waals surface area contributed by atoms with Crippen molar-refractivity contribution in [1.29, 1.82) is 0 Å². The maximum absolute atomic E-state index is 13.0. The summed E-state index contributed by atoms with van der Waals surface area (Å²) in [7, 11) is 3.02. The molecule has 0 aromatic heterocycles. The third kappa shape index (κ3) is 8.69. The number of benzene rings is 2. The van der Waals surface area contributed by atoms with Gasteiger partial charge in [0, 0.05) is 31.7 Å². The number of Topliss-reactive ketones (excluding diaryl/α,β-unsaturated/α-hetero) is 1. The number of nitrogens with zero attached hydrogens (tertiary/aromatic N) is 2. The first-order chi connectivity index (χ1) is 20.4. The van der Waals surface area contributed by atoms with Crippen LogP contribution in [-0.2, 0) is 9.47 Å². The van der Waals surface area contributed by atoms with Crippen LogP contribution in [0.1, 0.15) is 70.1 Å². The van der Waals surface area contributed by atoms with Crippen LogP contribution < -0.4 is 14.2 Å². The van der Waals surface area contributed by atoms with Crippen LogP contribution in [0.25, 0.3) is 0 Å². The first-order valence-corrected chi connectivity index (χ1v) is 14.7. The number of rotatable bonds is 5. The molecule has 0 aliphatic carbocycles. The average Bonchev–Trinajstić information content (AvgIpc) is 3.24. The van der Waals surface area contributed by atoms with Crippen LogP contribution >= 0.6 is 0 Å². The van der Waals surface area contributed by atoms with Gasteiger partial charge in [0.15, 0.2) is 17.3 Å². The van der Waals surface area contributed by atoms with Gasteiger partial charge in [0.2, 0.25) is 5.75 Å².